The van der Waals surface area contributed by atoms with Crippen molar-refractivity contribution >= 4 is 0 Å². The maximum Gasteiger partial charge on any atom is 0.123 e. The van der Waals surface area contributed by atoms with Crippen molar-refractivity contribution in [3.63, 3.8) is 0 Å². The number of hydrogen-bond acceptors (Lipinski definition) is 2. The van der Waals surface area contributed by atoms with E-state index >= 15 is 0 Å². The molecule has 3 heteroatoms. The molecule has 2 rings (SSSR count). The van der Waals surface area contributed by atoms with E-state index in [-0.39, 0.29) is 11.4 Å². The standard InChI is InChI=1S/C16H25FN2/c1-3-13-7-8-16(10-13,12-18)19(2)11-14-5-4-6-15(17)9-14/h4-6,9,13H,3,7-8,10-12,18H2,1-2H3. The molecular weight excluding hydrogens is 239 g/mol. The molecule has 1 aliphatic rings. The van der Waals surface area contributed by atoms with E-state index < -0.39 is 0 Å². The average molecular weight is 264 g/mol. The zero-order valence-corrected chi connectivity index (χ0v) is 12.0. The molecule has 1 aromatic carbocycles. The zero-order chi connectivity index (χ0) is 13.9. The second kappa shape index (κ2) is 6.02. The van der Waals surface area contributed by atoms with Crippen LogP contribution < -0.4 is 5.73 Å². The van der Waals surface area contributed by atoms with Crippen LogP contribution >= 0.6 is 0 Å². The van der Waals surface area contributed by atoms with Crippen molar-refractivity contribution in [2.75, 3.05) is 13.6 Å². The lowest BCUT2D eigenvalue weighted by molar-refractivity contribution is 0.119. The summed E-state index contributed by atoms with van der Waals surface area (Å²) in [6.45, 7) is 3.71. The fourth-order valence-corrected chi connectivity index (χ4v) is 3.33. The van der Waals surface area contributed by atoms with Gasteiger partial charge < -0.3 is 5.73 Å². The Bertz CT molecular complexity index is 421. The van der Waals surface area contributed by atoms with Crippen LogP contribution in [0.2, 0.25) is 0 Å². The van der Waals surface area contributed by atoms with E-state index in [1.807, 2.05) is 6.07 Å². The molecular formula is C16H25FN2. The molecule has 0 saturated heterocycles. The first kappa shape index (κ1) is 14.5. The summed E-state index contributed by atoms with van der Waals surface area (Å²) in [7, 11) is 2.12. The van der Waals surface area contributed by atoms with Crippen LogP contribution in [-0.2, 0) is 6.54 Å². The predicted molar refractivity (Wildman–Crippen MR) is 77.3 cm³/mol. The van der Waals surface area contributed by atoms with Gasteiger partial charge in [0.25, 0.3) is 0 Å². The zero-order valence-electron chi connectivity index (χ0n) is 12.0. The lowest BCUT2D eigenvalue weighted by atomic mass is 9.93. The summed E-state index contributed by atoms with van der Waals surface area (Å²) < 4.78 is 13.2. The molecule has 19 heavy (non-hydrogen) atoms. The van der Waals surface area contributed by atoms with E-state index in [2.05, 4.69) is 18.9 Å². The van der Waals surface area contributed by atoms with E-state index in [1.54, 1.807) is 12.1 Å². The van der Waals surface area contributed by atoms with Crippen molar-refractivity contribution < 1.29 is 4.39 Å². The van der Waals surface area contributed by atoms with E-state index in [1.165, 1.54) is 25.3 Å². The van der Waals surface area contributed by atoms with Gasteiger partial charge in [-0.25, -0.2) is 4.39 Å². The summed E-state index contributed by atoms with van der Waals surface area (Å²) >= 11 is 0. The second-order valence-electron chi connectivity index (χ2n) is 5.93. The van der Waals surface area contributed by atoms with Gasteiger partial charge in [0, 0.05) is 18.6 Å². The molecule has 2 atom stereocenters. The topological polar surface area (TPSA) is 29.3 Å². The van der Waals surface area contributed by atoms with Crippen LogP contribution in [0.4, 0.5) is 4.39 Å². The molecule has 0 bridgehead atoms. The maximum absolute atomic E-state index is 13.2. The van der Waals surface area contributed by atoms with Crippen LogP contribution in [0.5, 0.6) is 0 Å². The highest BCUT2D eigenvalue weighted by molar-refractivity contribution is 5.17. The van der Waals surface area contributed by atoms with Crippen molar-refractivity contribution in [2.45, 2.75) is 44.7 Å². The molecule has 106 valence electrons. The van der Waals surface area contributed by atoms with Crippen LogP contribution in [0.25, 0.3) is 0 Å². The Balaban J connectivity index is 2.07. The highest BCUT2D eigenvalue weighted by atomic mass is 19.1. The van der Waals surface area contributed by atoms with Crippen LogP contribution in [0.15, 0.2) is 24.3 Å². The Morgan fingerprint density at radius 3 is 2.84 bits per heavy atom. The van der Waals surface area contributed by atoms with Gasteiger partial charge in [0.15, 0.2) is 0 Å². The Morgan fingerprint density at radius 2 is 2.26 bits per heavy atom. The van der Waals surface area contributed by atoms with Crippen LogP contribution in [0.1, 0.15) is 38.2 Å². The smallest absolute Gasteiger partial charge is 0.123 e. The van der Waals surface area contributed by atoms with E-state index in [9.17, 15) is 4.39 Å². The third kappa shape index (κ3) is 3.15. The molecule has 0 spiro atoms. The van der Waals surface area contributed by atoms with Gasteiger partial charge in [0.2, 0.25) is 0 Å². The molecule has 1 saturated carbocycles. The fourth-order valence-electron chi connectivity index (χ4n) is 3.33. The minimum Gasteiger partial charge on any atom is -0.329 e. The molecule has 1 fully saturated rings. The van der Waals surface area contributed by atoms with Crippen molar-refractivity contribution in [3.8, 4) is 0 Å². The Hall–Kier alpha value is -0.930. The SMILES string of the molecule is CCC1CCC(CN)(N(C)Cc2cccc(F)c2)C1. The molecule has 0 aromatic heterocycles. The average Bonchev–Trinajstić information content (AvgIpc) is 2.83. The third-order valence-electron chi connectivity index (χ3n) is 4.76. The molecule has 0 radical (unpaired) electrons. The van der Waals surface area contributed by atoms with Crippen molar-refractivity contribution in [3.05, 3.63) is 35.6 Å². The van der Waals surface area contributed by atoms with Gasteiger partial charge in [0.1, 0.15) is 5.82 Å². The Kier molecular flexibility index (Phi) is 4.58. The number of rotatable bonds is 5. The van der Waals surface area contributed by atoms with E-state index in [0.29, 0.717) is 6.54 Å². The lowest BCUT2D eigenvalue weighted by Gasteiger charge is -2.38. The first-order valence-electron chi connectivity index (χ1n) is 7.25. The number of nitrogens with two attached hydrogens (primary N) is 1. The van der Waals surface area contributed by atoms with Gasteiger partial charge in [-0.05, 0) is 49.9 Å². The summed E-state index contributed by atoms with van der Waals surface area (Å²) in [6.07, 6.45) is 4.83. The Morgan fingerprint density at radius 1 is 1.47 bits per heavy atom. The monoisotopic (exact) mass is 264 g/mol. The minimum absolute atomic E-state index is 0.104. The van der Waals surface area contributed by atoms with Gasteiger partial charge in [-0.2, -0.15) is 0 Å². The molecule has 0 aliphatic heterocycles. The second-order valence-corrected chi connectivity index (χ2v) is 5.93. The van der Waals surface area contributed by atoms with Crippen molar-refractivity contribution in [1.29, 1.82) is 0 Å². The van der Waals surface area contributed by atoms with Gasteiger partial charge in [-0.3, -0.25) is 4.90 Å². The molecule has 0 amide bonds. The minimum atomic E-state index is -0.162. The van der Waals surface area contributed by atoms with Gasteiger partial charge >= 0.3 is 0 Å². The third-order valence-corrected chi connectivity index (χ3v) is 4.76. The van der Waals surface area contributed by atoms with Crippen LogP contribution in [0.3, 0.4) is 0 Å². The first-order chi connectivity index (χ1) is 9.09. The number of nitrogens with zero attached hydrogens (tertiary/aromatic N) is 1. The highest BCUT2D eigenvalue weighted by Gasteiger charge is 2.40. The van der Waals surface area contributed by atoms with Crippen LogP contribution in [-0.4, -0.2) is 24.0 Å². The van der Waals surface area contributed by atoms with Gasteiger partial charge in [-0.1, -0.05) is 25.5 Å². The largest absolute Gasteiger partial charge is 0.329 e. The number of benzene rings is 1. The summed E-state index contributed by atoms with van der Waals surface area (Å²) in [5, 5.41) is 0. The van der Waals surface area contributed by atoms with E-state index in [0.717, 1.165) is 24.4 Å². The van der Waals surface area contributed by atoms with E-state index in [4.69, 9.17) is 5.73 Å². The molecule has 1 aromatic rings. The molecule has 1 aliphatic carbocycles. The quantitative estimate of drug-likeness (QED) is 0.885. The summed E-state index contributed by atoms with van der Waals surface area (Å²) in [5.41, 5.74) is 7.18. The molecule has 2 N–H and O–H groups in total. The highest BCUT2D eigenvalue weighted by Crippen LogP contribution is 2.39. The van der Waals surface area contributed by atoms with Gasteiger partial charge in [-0.15, -0.1) is 0 Å². The number of hydrogen-bond donors (Lipinski definition) is 1. The normalized spacial score (nSPS) is 27.1. The molecule has 2 nitrogen and oxygen atoms in total. The predicted octanol–water partition coefficient (Wildman–Crippen LogP) is 3.17. The van der Waals surface area contributed by atoms with Crippen LogP contribution in [0, 0.1) is 11.7 Å². The lowest BCUT2D eigenvalue weighted by Crippen LogP contribution is -2.49. The van der Waals surface area contributed by atoms with Gasteiger partial charge in [0.05, 0.1) is 0 Å². The first-order valence-corrected chi connectivity index (χ1v) is 7.25. The number of halogens is 1. The number of likely N-dealkylation sites (N-methyl/N-ethyl adjacent to an activating group) is 1. The van der Waals surface area contributed by atoms with Crippen molar-refractivity contribution in [2.24, 2.45) is 11.7 Å². The molecule has 0 heterocycles. The Labute approximate surface area is 115 Å². The summed E-state index contributed by atoms with van der Waals surface area (Å²) in [4.78, 5) is 2.33. The maximum atomic E-state index is 13.2. The van der Waals surface area contributed by atoms with Crippen molar-refractivity contribution in [1.82, 2.24) is 4.90 Å². The summed E-state index contributed by atoms with van der Waals surface area (Å²) in [6, 6.07) is 6.87. The summed E-state index contributed by atoms with van der Waals surface area (Å²) in [5.74, 6) is 0.629. The molecule has 2 unspecified atom stereocenters. The fraction of sp³-hybridized carbons (Fsp3) is 0.625.